The van der Waals surface area contributed by atoms with Gasteiger partial charge in [-0.1, -0.05) is 12.1 Å². The summed E-state index contributed by atoms with van der Waals surface area (Å²) in [4.78, 5) is 18.5. The lowest BCUT2D eigenvalue weighted by Crippen LogP contribution is -1.93. The quantitative estimate of drug-likeness (QED) is 0.369. The fourth-order valence-corrected chi connectivity index (χ4v) is 1.80. The molecular formula is C17H18N2O3. The lowest BCUT2D eigenvalue weighted by molar-refractivity contribution is -0.104. The number of methoxy groups -OCH3 is 1. The van der Waals surface area contributed by atoms with Gasteiger partial charge in [0.25, 0.3) is 0 Å². The summed E-state index contributed by atoms with van der Waals surface area (Å²) in [6, 6.07) is 7.81. The second kappa shape index (κ2) is 7.83. The summed E-state index contributed by atoms with van der Waals surface area (Å²) in [7, 11) is 1.52. The number of nitrogens with one attached hydrogen (secondary N) is 1. The van der Waals surface area contributed by atoms with E-state index < -0.39 is 0 Å². The van der Waals surface area contributed by atoms with Crippen LogP contribution in [0.3, 0.4) is 0 Å². The molecule has 0 amide bonds. The second-order valence-electron chi connectivity index (χ2n) is 4.59. The van der Waals surface area contributed by atoms with Crippen molar-refractivity contribution >= 4 is 17.3 Å². The molecule has 22 heavy (non-hydrogen) atoms. The fraction of sp³-hybridized carbons (Fsp3) is 0.176. The van der Waals surface area contributed by atoms with Crippen molar-refractivity contribution in [3.05, 3.63) is 65.9 Å². The summed E-state index contributed by atoms with van der Waals surface area (Å²) >= 11 is 0. The lowest BCUT2D eigenvalue weighted by atomic mass is 10.2. The molecule has 0 saturated carbocycles. The smallest absolute Gasteiger partial charge is 0.150 e. The molecule has 1 heterocycles. The SMILES string of the molecule is CO/C=C/C(C=O)=C\C=C(/C)OCc1nc2ccccc2[nH]1. The standard InChI is InChI=1S/C17H18N2O3/c1-13(7-8-14(11-20)9-10-21-2)22-12-17-18-15-5-3-4-6-16(15)19-17/h3-11H,12H2,1-2H3,(H,18,19)/b10-9+,13-7+,14-8+. The molecule has 1 aromatic heterocycles. The molecule has 0 bridgehead atoms. The zero-order chi connectivity index (χ0) is 15.8. The summed E-state index contributed by atoms with van der Waals surface area (Å²) in [5, 5.41) is 0. The summed E-state index contributed by atoms with van der Waals surface area (Å²) in [5.74, 6) is 1.44. The van der Waals surface area contributed by atoms with Crippen molar-refractivity contribution in [3.63, 3.8) is 0 Å². The van der Waals surface area contributed by atoms with Gasteiger partial charge in [-0.25, -0.2) is 4.98 Å². The Morgan fingerprint density at radius 2 is 2.14 bits per heavy atom. The number of imidazole rings is 1. The zero-order valence-electron chi connectivity index (χ0n) is 12.6. The van der Waals surface area contributed by atoms with Crippen LogP contribution in [0.4, 0.5) is 0 Å². The summed E-state index contributed by atoms with van der Waals surface area (Å²) < 4.78 is 10.4. The molecule has 0 aliphatic rings. The van der Waals surface area contributed by atoms with Gasteiger partial charge in [0.1, 0.15) is 18.7 Å². The first-order valence-corrected chi connectivity index (χ1v) is 6.82. The highest BCUT2D eigenvalue weighted by Gasteiger charge is 2.02. The van der Waals surface area contributed by atoms with Crippen molar-refractivity contribution in [1.82, 2.24) is 9.97 Å². The van der Waals surface area contributed by atoms with Crippen molar-refractivity contribution in [2.75, 3.05) is 7.11 Å². The number of benzene rings is 1. The van der Waals surface area contributed by atoms with Crippen LogP contribution < -0.4 is 0 Å². The van der Waals surface area contributed by atoms with Gasteiger partial charge in [0.05, 0.1) is 30.2 Å². The summed E-state index contributed by atoms with van der Waals surface area (Å²) in [6.45, 7) is 2.16. The van der Waals surface area contributed by atoms with Crippen molar-refractivity contribution < 1.29 is 14.3 Å². The number of nitrogens with zero attached hydrogens (tertiary/aromatic N) is 1. The maximum atomic E-state index is 10.8. The zero-order valence-corrected chi connectivity index (χ0v) is 12.6. The van der Waals surface area contributed by atoms with E-state index in [1.54, 1.807) is 18.2 Å². The third-order valence-corrected chi connectivity index (χ3v) is 2.92. The van der Waals surface area contributed by atoms with Crippen LogP contribution in [0.2, 0.25) is 0 Å². The average molecular weight is 298 g/mol. The van der Waals surface area contributed by atoms with Gasteiger partial charge in [-0.05, 0) is 37.3 Å². The number of rotatable bonds is 7. The van der Waals surface area contributed by atoms with Gasteiger partial charge in [0.2, 0.25) is 0 Å². The molecule has 1 N–H and O–H groups in total. The molecule has 1 aromatic carbocycles. The molecule has 0 radical (unpaired) electrons. The number of ether oxygens (including phenoxy) is 2. The number of aromatic amines is 1. The number of aromatic nitrogens is 2. The van der Waals surface area contributed by atoms with Crippen LogP contribution in [-0.4, -0.2) is 23.4 Å². The van der Waals surface area contributed by atoms with E-state index in [1.165, 1.54) is 13.4 Å². The Morgan fingerprint density at radius 1 is 1.32 bits per heavy atom. The number of carbonyl (C=O) groups is 1. The first-order chi connectivity index (χ1) is 10.7. The monoisotopic (exact) mass is 298 g/mol. The molecule has 0 fully saturated rings. The number of hydrogen-bond acceptors (Lipinski definition) is 4. The van der Waals surface area contributed by atoms with E-state index in [1.807, 2.05) is 31.2 Å². The molecular weight excluding hydrogens is 280 g/mol. The van der Waals surface area contributed by atoms with Crippen LogP contribution in [-0.2, 0) is 20.9 Å². The van der Waals surface area contributed by atoms with Gasteiger partial charge < -0.3 is 14.5 Å². The van der Waals surface area contributed by atoms with E-state index in [-0.39, 0.29) is 0 Å². The van der Waals surface area contributed by atoms with Crippen LogP contribution in [0, 0.1) is 0 Å². The van der Waals surface area contributed by atoms with Crippen LogP contribution >= 0.6 is 0 Å². The Morgan fingerprint density at radius 3 is 2.86 bits per heavy atom. The maximum absolute atomic E-state index is 10.8. The molecule has 0 saturated heterocycles. The number of allylic oxidation sites excluding steroid dienone is 5. The van der Waals surface area contributed by atoms with Gasteiger partial charge in [-0.2, -0.15) is 0 Å². The first-order valence-electron chi connectivity index (χ1n) is 6.82. The normalized spacial score (nSPS) is 12.8. The Hall–Kier alpha value is -2.82. The van der Waals surface area contributed by atoms with Crippen LogP contribution in [0.15, 0.2) is 60.1 Å². The third kappa shape index (κ3) is 4.34. The van der Waals surface area contributed by atoms with Gasteiger partial charge in [-0.3, -0.25) is 4.79 Å². The lowest BCUT2D eigenvalue weighted by Gasteiger charge is -2.02. The van der Waals surface area contributed by atoms with E-state index in [0.717, 1.165) is 23.1 Å². The Bertz CT molecular complexity index is 693. The van der Waals surface area contributed by atoms with E-state index in [9.17, 15) is 4.79 Å². The molecule has 0 atom stereocenters. The average Bonchev–Trinajstić information content (AvgIpc) is 2.96. The second-order valence-corrected chi connectivity index (χ2v) is 4.59. The molecule has 2 aromatic rings. The van der Waals surface area contributed by atoms with Crippen molar-refractivity contribution in [2.45, 2.75) is 13.5 Å². The number of para-hydroxylation sites is 2. The minimum Gasteiger partial charge on any atom is -0.504 e. The molecule has 114 valence electrons. The predicted octanol–water partition coefficient (Wildman–Crippen LogP) is 3.27. The van der Waals surface area contributed by atoms with Gasteiger partial charge in [-0.15, -0.1) is 0 Å². The van der Waals surface area contributed by atoms with Gasteiger partial charge in [0.15, 0.2) is 0 Å². The van der Waals surface area contributed by atoms with Crippen molar-refractivity contribution in [1.29, 1.82) is 0 Å². The number of H-pyrrole nitrogens is 1. The Kier molecular flexibility index (Phi) is 5.54. The van der Waals surface area contributed by atoms with E-state index in [4.69, 9.17) is 9.47 Å². The van der Waals surface area contributed by atoms with Gasteiger partial charge in [0, 0.05) is 5.57 Å². The summed E-state index contributed by atoms with van der Waals surface area (Å²) in [6.07, 6.45) is 7.16. The van der Waals surface area contributed by atoms with Crippen LogP contribution in [0.1, 0.15) is 12.7 Å². The topological polar surface area (TPSA) is 64.2 Å². The first kappa shape index (κ1) is 15.6. The maximum Gasteiger partial charge on any atom is 0.150 e. The van der Waals surface area contributed by atoms with Crippen LogP contribution in [0.5, 0.6) is 0 Å². The summed E-state index contributed by atoms with van der Waals surface area (Å²) in [5.41, 5.74) is 2.39. The minimum atomic E-state index is 0.342. The number of fused-ring (bicyclic) bond motifs is 1. The van der Waals surface area contributed by atoms with Crippen LogP contribution in [0.25, 0.3) is 11.0 Å². The van der Waals surface area contributed by atoms with Crippen molar-refractivity contribution in [2.24, 2.45) is 0 Å². The molecule has 5 heteroatoms. The van der Waals surface area contributed by atoms with Crippen molar-refractivity contribution in [3.8, 4) is 0 Å². The molecule has 5 nitrogen and oxygen atoms in total. The van der Waals surface area contributed by atoms with Gasteiger partial charge >= 0.3 is 0 Å². The Labute approximate surface area is 129 Å². The fourth-order valence-electron chi connectivity index (χ4n) is 1.80. The van der Waals surface area contributed by atoms with E-state index in [0.29, 0.717) is 17.9 Å². The number of carbonyl (C=O) groups excluding carboxylic acids is 1. The molecule has 0 spiro atoms. The highest BCUT2D eigenvalue weighted by Crippen LogP contribution is 2.12. The Balaban J connectivity index is 1.97. The minimum absolute atomic E-state index is 0.342. The third-order valence-electron chi connectivity index (χ3n) is 2.92. The number of hydrogen-bond donors (Lipinski definition) is 1. The largest absolute Gasteiger partial charge is 0.504 e. The molecule has 0 unspecified atom stereocenters. The predicted molar refractivity (Wildman–Crippen MR) is 84.9 cm³/mol. The highest BCUT2D eigenvalue weighted by atomic mass is 16.5. The van der Waals surface area contributed by atoms with E-state index >= 15 is 0 Å². The molecule has 0 aliphatic carbocycles. The van der Waals surface area contributed by atoms with E-state index in [2.05, 4.69) is 9.97 Å². The number of aldehydes is 1. The highest BCUT2D eigenvalue weighted by molar-refractivity contribution is 5.77. The molecule has 2 rings (SSSR count). The molecule has 0 aliphatic heterocycles.